The SMILES string of the molecule is CC(C)(C)C(C[C@H](NC(=O)OCc1ccccc1)C(=O)[O-])C(=O)[O-]. The molecule has 0 fully saturated rings. The van der Waals surface area contributed by atoms with Gasteiger partial charge in [0.1, 0.15) is 6.61 Å². The average molecular weight is 335 g/mol. The zero-order chi connectivity index (χ0) is 18.3. The molecular formula is C17H21NO6-2. The average Bonchev–Trinajstić information content (AvgIpc) is 2.48. The van der Waals surface area contributed by atoms with Gasteiger partial charge in [0.05, 0.1) is 12.0 Å². The molecule has 0 aromatic heterocycles. The van der Waals surface area contributed by atoms with Crippen molar-refractivity contribution in [1.82, 2.24) is 5.32 Å². The van der Waals surface area contributed by atoms with Crippen LogP contribution in [0.2, 0.25) is 0 Å². The number of rotatable bonds is 7. The molecule has 132 valence electrons. The first-order valence-electron chi connectivity index (χ1n) is 7.50. The molecule has 1 aromatic rings. The number of nitrogens with one attached hydrogen (secondary N) is 1. The highest BCUT2D eigenvalue weighted by Crippen LogP contribution is 2.29. The van der Waals surface area contributed by atoms with Crippen LogP contribution in [0.5, 0.6) is 0 Å². The molecule has 1 amide bonds. The summed E-state index contributed by atoms with van der Waals surface area (Å²) in [6.45, 7) is 4.91. The smallest absolute Gasteiger partial charge is 0.407 e. The molecule has 1 N–H and O–H groups in total. The van der Waals surface area contributed by atoms with E-state index in [2.05, 4.69) is 5.32 Å². The van der Waals surface area contributed by atoms with E-state index in [0.717, 1.165) is 5.56 Å². The van der Waals surface area contributed by atoms with E-state index in [-0.39, 0.29) is 13.0 Å². The van der Waals surface area contributed by atoms with Gasteiger partial charge in [-0.1, -0.05) is 51.1 Å². The number of aliphatic carboxylic acids is 2. The molecule has 0 aliphatic rings. The maximum atomic E-state index is 11.7. The molecular weight excluding hydrogens is 314 g/mol. The minimum absolute atomic E-state index is 0.0321. The van der Waals surface area contributed by atoms with Crippen LogP contribution in [0.3, 0.4) is 0 Å². The third-order valence-corrected chi connectivity index (χ3v) is 3.59. The van der Waals surface area contributed by atoms with E-state index < -0.39 is 35.4 Å². The Morgan fingerprint density at radius 3 is 2.12 bits per heavy atom. The molecule has 1 unspecified atom stereocenters. The summed E-state index contributed by atoms with van der Waals surface area (Å²) in [5, 5.41) is 24.6. The zero-order valence-corrected chi connectivity index (χ0v) is 13.9. The van der Waals surface area contributed by atoms with Crippen molar-refractivity contribution < 1.29 is 29.3 Å². The summed E-state index contributed by atoms with van der Waals surface area (Å²) in [6, 6.07) is 7.35. The number of hydrogen-bond donors (Lipinski definition) is 1. The number of hydrogen-bond acceptors (Lipinski definition) is 6. The van der Waals surface area contributed by atoms with Gasteiger partial charge in [-0.25, -0.2) is 4.79 Å². The fraction of sp³-hybridized carbons (Fsp3) is 0.471. The van der Waals surface area contributed by atoms with Crippen molar-refractivity contribution in [3.05, 3.63) is 35.9 Å². The summed E-state index contributed by atoms with van der Waals surface area (Å²) < 4.78 is 4.93. The number of ether oxygens (including phenoxy) is 1. The Kier molecular flexibility index (Phi) is 6.76. The molecule has 0 bridgehead atoms. The van der Waals surface area contributed by atoms with Gasteiger partial charge in [-0.15, -0.1) is 0 Å². The molecule has 0 saturated carbocycles. The van der Waals surface area contributed by atoms with E-state index in [1.807, 2.05) is 6.07 Å². The molecule has 0 saturated heterocycles. The first kappa shape index (κ1) is 19.5. The Balaban J connectivity index is 2.66. The number of carbonyl (C=O) groups excluding carboxylic acids is 3. The van der Waals surface area contributed by atoms with Crippen LogP contribution in [0.4, 0.5) is 4.79 Å². The monoisotopic (exact) mass is 335 g/mol. The van der Waals surface area contributed by atoms with Crippen molar-refractivity contribution >= 4 is 18.0 Å². The van der Waals surface area contributed by atoms with Crippen LogP contribution in [0.15, 0.2) is 30.3 Å². The quantitative estimate of drug-likeness (QED) is 0.739. The van der Waals surface area contributed by atoms with Gasteiger partial charge in [0.15, 0.2) is 0 Å². The maximum absolute atomic E-state index is 11.7. The molecule has 2 atom stereocenters. The molecule has 24 heavy (non-hydrogen) atoms. The van der Waals surface area contributed by atoms with E-state index in [0.29, 0.717) is 0 Å². The molecule has 0 aliphatic carbocycles. The fourth-order valence-electron chi connectivity index (χ4n) is 2.16. The van der Waals surface area contributed by atoms with E-state index in [9.17, 15) is 24.6 Å². The van der Waals surface area contributed by atoms with E-state index >= 15 is 0 Å². The second-order valence-electron chi connectivity index (χ2n) is 6.55. The summed E-state index contributed by atoms with van der Waals surface area (Å²) in [6.07, 6.45) is -1.31. The third-order valence-electron chi connectivity index (χ3n) is 3.59. The van der Waals surface area contributed by atoms with Crippen molar-refractivity contribution in [2.24, 2.45) is 11.3 Å². The van der Waals surface area contributed by atoms with Crippen molar-refractivity contribution in [3.8, 4) is 0 Å². The highest BCUT2D eigenvalue weighted by molar-refractivity contribution is 5.79. The predicted molar refractivity (Wildman–Crippen MR) is 81.1 cm³/mol. The van der Waals surface area contributed by atoms with Crippen LogP contribution in [0.25, 0.3) is 0 Å². The zero-order valence-electron chi connectivity index (χ0n) is 13.9. The number of amides is 1. The Hall–Kier alpha value is -2.57. The van der Waals surface area contributed by atoms with E-state index in [1.165, 1.54) is 0 Å². The summed E-state index contributed by atoms with van der Waals surface area (Å²) in [5.41, 5.74) is 0.00210. The number of alkyl carbamates (subject to hydrolysis) is 1. The lowest BCUT2D eigenvalue weighted by atomic mass is 9.77. The van der Waals surface area contributed by atoms with Crippen molar-refractivity contribution in [3.63, 3.8) is 0 Å². The fourth-order valence-corrected chi connectivity index (χ4v) is 2.16. The first-order chi connectivity index (χ1) is 11.1. The third kappa shape index (κ3) is 6.28. The lowest BCUT2D eigenvalue weighted by molar-refractivity contribution is -0.317. The summed E-state index contributed by atoms with van der Waals surface area (Å²) in [4.78, 5) is 34.2. The van der Waals surface area contributed by atoms with Crippen LogP contribution in [0.1, 0.15) is 32.8 Å². The highest BCUT2D eigenvalue weighted by Gasteiger charge is 2.30. The molecule has 7 nitrogen and oxygen atoms in total. The summed E-state index contributed by atoms with van der Waals surface area (Å²) in [5.74, 6) is -4.04. The van der Waals surface area contributed by atoms with E-state index in [1.54, 1.807) is 45.0 Å². The molecule has 0 heterocycles. The van der Waals surface area contributed by atoms with Crippen LogP contribution >= 0.6 is 0 Å². The first-order valence-corrected chi connectivity index (χ1v) is 7.50. The van der Waals surface area contributed by atoms with Crippen LogP contribution in [-0.2, 0) is 20.9 Å². The molecule has 0 radical (unpaired) electrons. The minimum atomic E-state index is -1.58. The molecule has 0 aliphatic heterocycles. The van der Waals surface area contributed by atoms with Gasteiger partial charge in [0, 0.05) is 11.9 Å². The van der Waals surface area contributed by atoms with Gasteiger partial charge < -0.3 is 29.9 Å². The molecule has 1 rings (SSSR count). The number of benzene rings is 1. The van der Waals surface area contributed by atoms with Gasteiger partial charge in [0.2, 0.25) is 0 Å². The van der Waals surface area contributed by atoms with Gasteiger partial charge in [-0.3, -0.25) is 0 Å². The van der Waals surface area contributed by atoms with Crippen LogP contribution in [0, 0.1) is 11.3 Å². The van der Waals surface area contributed by atoms with Crippen molar-refractivity contribution in [2.45, 2.75) is 39.8 Å². The Bertz CT molecular complexity index is 578. The molecule has 7 heteroatoms. The minimum Gasteiger partial charge on any atom is -0.550 e. The van der Waals surface area contributed by atoms with Crippen molar-refractivity contribution in [1.29, 1.82) is 0 Å². The largest absolute Gasteiger partial charge is 0.550 e. The van der Waals surface area contributed by atoms with Gasteiger partial charge in [-0.2, -0.15) is 0 Å². The summed E-state index contributed by atoms with van der Waals surface area (Å²) in [7, 11) is 0. The second kappa shape index (κ2) is 8.33. The number of carboxylic acids is 2. The topological polar surface area (TPSA) is 119 Å². The maximum Gasteiger partial charge on any atom is 0.407 e. The lowest BCUT2D eigenvalue weighted by Gasteiger charge is -2.34. The number of carboxylic acid groups (broad SMARTS) is 2. The van der Waals surface area contributed by atoms with Gasteiger partial charge in [0.25, 0.3) is 0 Å². The van der Waals surface area contributed by atoms with E-state index in [4.69, 9.17) is 4.74 Å². The number of carbonyl (C=O) groups is 3. The highest BCUT2D eigenvalue weighted by atomic mass is 16.5. The Labute approximate surface area is 140 Å². The summed E-state index contributed by atoms with van der Waals surface area (Å²) >= 11 is 0. The van der Waals surface area contributed by atoms with Crippen LogP contribution < -0.4 is 15.5 Å². The Morgan fingerprint density at radius 1 is 1.08 bits per heavy atom. The Morgan fingerprint density at radius 2 is 1.67 bits per heavy atom. The molecule has 1 aromatic carbocycles. The standard InChI is InChI=1S/C17H23NO6/c1-17(2,3)12(14(19)20)9-13(15(21)22)18-16(23)24-10-11-7-5-4-6-8-11/h4-8,12-13H,9-10H2,1-3H3,(H,18,23)(H,19,20)(H,21,22)/p-2/t12?,13-/m0/s1. The van der Waals surface area contributed by atoms with Crippen molar-refractivity contribution in [2.75, 3.05) is 0 Å². The van der Waals surface area contributed by atoms with Gasteiger partial charge in [-0.05, 0) is 17.4 Å². The second-order valence-corrected chi connectivity index (χ2v) is 6.55. The van der Waals surface area contributed by atoms with Crippen LogP contribution in [-0.4, -0.2) is 24.1 Å². The molecule has 0 spiro atoms. The predicted octanol–water partition coefficient (Wildman–Crippen LogP) is -0.166. The van der Waals surface area contributed by atoms with Gasteiger partial charge >= 0.3 is 6.09 Å². The lowest BCUT2D eigenvalue weighted by Crippen LogP contribution is -2.52. The normalized spacial score (nSPS) is 13.6.